The normalized spacial score (nSPS) is 21.2. The quantitative estimate of drug-likeness (QED) is 0.661. The first-order chi connectivity index (χ1) is 7.15. The molecule has 1 aliphatic rings. The summed E-state index contributed by atoms with van der Waals surface area (Å²) < 4.78 is 0. The van der Waals surface area contributed by atoms with E-state index in [2.05, 4.69) is 5.32 Å². The Morgan fingerprint density at radius 2 is 2.20 bits per heavy atom. The molecule has 1 heterocycles. The van der Waals surface area contributed by atoms with E-state index in [9.17, 15) is 9.59 Å². The van der Waals surface area contributed by atoms with Crippen LogP contribution in [0, 0.1) is 0 Å². The molecule has 5 heteroatoms. The molecule has 1 fully saturated rings. The molecule has 2 amide bonds. The van der Waals surface area contributed by atoms with Crippen molar-refractivity contribution in [2.24, 2.45) is 5.73 Å². The Labute approximate surface area is 90.0 Å². The maximum Gasteiger partial charge on any atom is 0.233 e. The SMILES string of the molecule is CC(=O)N1CCCCC1CNC(=O)CN. The van der Waals surface area contributed by atoms with Crippen LogP contribution in [-0.4, -0.2) is 42.4 Å². The third-order valence-electron chi connectivity index (χ3n) is 2.75. The first-order valence-corrected chi connectivity index (χ1v) is 5.39. The number of hydrogen-bond donors (Lipinski definition) is 2. The molecular formula is C10H19N3O2. The van der Waals surface area contributed by atoms with E-state index in [4.69, 9.17) is 5.73 Å². The summed E-state index contributed by atoms with van der Waals surface area (Å²) >= 11 is 0. The zero-order chi connectivity index (χ0) is 11.3. The largest absolute Gasteiger partial charge is 0.353 e. The highest BCUT2D eigenvalue weighted by atomic mass is 16.2. The molecule has 86 valence electrons. The second kappa shape index (κ2) is 5.70. The van der Waals surface area contributed by atoms with Crippen LogP contribution in [0.2, 0.25) is 0 Å². The van der Waals surface area contributed by atoms with Gasteiger partial charge in [-0.3, -0.25) is 9.59 Å². The highest BCUT2D eigenvalue weighted by Gasteiger charge is 2.24. The molecule has 1 aliphatic heterocycles. The molecule has 0 bridgehead atoms. The lowest BCUT2D eigenvalue weighted by Crippen LogP contribution is -2.49. The standard InChI is InChI=1S/C10H19N3O2/c1-8(14)13-5-3-2-4-9(13)7-12-10(15)6-11/h9H,2-7,11H2,1H3,(H,12,15). The fourth-order valence-corrected chi connectivity index (χ4v) is 1.93. The number of nitrogens with one attached hydrogen (secondary N) is 1. The zero-order valence-corrected chi connectivity index (χ0v) is 9.16. The average Bonchev–Trinajstić information content (AvgIpc) is 2.26. The number of carbonyl (C=O) groups excluding carboxylic acids is 2. The van der Waals surface area contributed by atoms with Gasteiger partial charge in [0, 0.05) is 26.1 Å². The van der Waals surface area contributed by atoms with Gasteiger partial charge in [0.15, 0.2) is 0 Å². The third-order valence-corrected chi connectivity index (χ3v) is 2.75. The van der Waals surface area contributed by atoms with Gasteiger partial charge < -0.3 is 16.0 Å². The van der Waals surface area contributed by atoms with Crippen molar-refractivity contribution in [3.05, 3.63) is 0 Å². The molecule has 0 spiro atoms. The summed E-state index contributed by atoms with van der Waals surface area (Å²) in [7, 11) is 0. The molecule has 1 unspecified atom stereocenters. The molecule has 0 radical (unpaired) electrons. The topological polar surface area (TPSA) is 75.4 Å². The van der Waals surface area contributed by atoms with Gasteiger partial charge in [-0.25, -0.2) is 0 Å². The number of nitrogens with two attached hydrogens (primary N) is 1. The minimum absolute atomic E-state index is 0.00674. The summed E-state index contributed by atoms with van der Waals surface area (Å²) in [6.45, 7) is 2.91. The molecule has 5 nitrogen and oxygen atoms in total. The van der Waals surface area contributed by atoms with Crippen LogP contribution in [0.1, 0.15) is 26.2 Å². The summed E-state index contributed by atoms with van der Waals surface area (Å²) in [6, 6.07) is 0.145. The minimum Gasteiger partial charge on any atom is -0.353 e. The molecule has 0 saturated carbocycles. The lowest BCUT2D eigenvalue weighted by Gasteiger charge is -2.35. The molecule has 1 saturated heterocycles. The number of carbonyl (C=O) groups is 2. The van der Waals surface area contributed by atoms with E-state index in [1.54, 1.807) is 6.92 Å². The van der Waals surface area contributed by atoms with E-state index >= 15 is 0 Å². The molecule has 15 heavy (non-hydrogen) atoms. The molecule has 0 aliphatic carbocycles. The highest BCUT2D eigenvalue weighted by Crippen LogP contribution is 2.16. The van der Waals surface area contributed by atoms with Crippen LogP contribution >= 0.6 is 0 Å². The monoisotopic (exact) mass is 213 g/mol. The van der Waals surface area contributed by atoms with Crippen molar-refractivity contribution in [2.45, 2.75) is 32.2 Å². The van der Waals surface area contributed by atoms with Gasteiger partial charge in [-0.1, -0.05) is 0 Å². The second-order valence-corrected chi connectivity index (χ2v) is 3.87. The predicted octanol–water partition coefficient (Wildman–Crippen LogP) is -0.538. The Bertz CT molecular complexity index is 243. The fourth-order valence-electron chi connectivity index (χ4n) is 1.93. The van der Waals surface area contributed by atoms with Gasteiger partial charge in [-0.2, -0.15) is 0 Å². The molecule has 0 aromatic rings. The van der Waals surface area contributed by atoms with Crippen molar-refractivity contribution < 1.29 is 9.59 Å². The van der Waals surface area contributed by atoms with Crippen LogP contribution in [0.4, 0.5) is 0 Å². The van der Waals surface area contributed by atoms with Crippen LogP contribution in [-0.2, 0) is 9.59 Å². The van der Waals surface area contributed by atoms with Gasteiger partial charge in [-0.15, -0.1) is 0 Å². The number of piperidine rings is 1. The van der Waals surface area contributed by atoms with Crippen molar-refractivity contribution in [3.63, 3.8) is 0 Å². The van der Waals surface area contributed by atoms with E-state index in [1.165, 1.54) is 0 Å². The van der Waals surface area contributed by atoms with Crippen molar-refractivity contribution in [2.75, 3.05) is 19.6 Å². The highest BCUT2D eigenvalue weighted by molar-refractivity contribution is 5.78. The van der Waals surface area contributed by atoms with Gasteiger partial charge in [0.2, 0.25) is 11.8 Å². The van der Waals surface area contributed by atoms with Gasteiger partial charge in [0.1, 0.15) is 0 Å². The number of amides is 2. The zero-order valence-electron chi connectivity index (χ0n) is 9.16. The van der Waals surface area contributed by atoms with Crippen molar-refractivity contribution in [1.82, 2.24) is 10.2 Å². The number of nitrogens with zero attached hydrogens (tertiary/aromatic N) is 1. The third kappa shape index (κ3) is 3.51. The van der Waals surface area contributed by atoms with Crippen molar-refractivity contribution in [3.8, 4) is 0 Å². The summed E-state index contributed by atoms with van der Waals surface area (Å²) in [5, 5.41) is 2.73. The van der Waals surface area contributed by atoms with E-state index in [-0.39, 0.29) is 24.4 Å². The lowest BCUT2D eigenvalue weighted by molar-refractivity contribution is -0.133. The predicted molar refractivity (Wildman–Crippen MR) is 57.1 cm³/mol. The van der Waals surface area contributed by atoms with E-state index < -0.39 is 0 Å². The molecule has 1 rings (SSSR count). The summed E-state index contributed by atoms with van der Waals surface area (Å²) in [4.78, 5) is 24.1. The van der Waals surface area contributed by atoms with Gasteiger partial charge in [0.05, 0.1) is 6.54 Å². The Kier molecular flexibility index (Phi) is 4.55. The number of likely N-dealkylation sites (tertiary alicyclic amines) is 1. The molecule has 0 aromatic heterocycles. The summed E-state index contributed by atoms with van der Waals surface area (Å²) in [5.41, 5.74) is 5.19. The molecule has 3 N–H and O–H groups in total. The molecular weight excluding hydrogens is 194 g/mol. The molecule has 0 aromatic carbocycles. The van der Waals surface area contributed by atoms with Crippen molar-refractivity contribution >= 4 is 11.8 Å². The first kappa shape index (κ1) is 12.0. The second-order valence-electron chi connectivity index (χ2n) is 3.87. The van der Waals surface area contributed by atoms with Crippen LogP contribution in [0.25, 0.3) is 0 Å². The Hall–Kier alpha value is -1.10. The van der Waals surface area contributed by atoms with E-state index in [0.717, 1.165) is 25.8 Å². The van der Waals surface area contributed by atoms with E-state index in [0.29, 0.717) is 6.54 Å². The van der Waals surface area contributed by atoms with Gasteiger partial charge in [0.25, 0.3) is 0 Å². The van der Waals surface area contributed by atoms with E-state index in [1.807, 2.05) is 4.90 Å². The minimum atomic E-state index is -0.163. The van der Waals surface area contributed by atoms with Crippen molar-refractivity contribution in [1.29, 1.82) is 0 Å². The maximum atomic E-state index is 11.3. The Balaban J connectivity index is 2.42. The van der Waals surface area contributed by atoms with Crippen LogP contribution in [0.3, 0.4) is 0 Å². The number of rotatable bonds is 3. The fraction of sp³-hybridized carbons (Fsp3) is 0.800. The summed E-state index contributed by atoms with van der Waals surface area (Å²) in [5.74, 6) is -0.0780. The maximum absolute atomic E-state index is 11.3. The first-order valence-electron chi connectivity index (χ1n) is 5.39. The Morgan fingerprint density at radius 3 is 2.80 bits per heavy atom. The lowest BCUT2D eigenvalue weighted by atomic mass is 10.0. The smallest absolute Gasteiger partial charge is 0.233 e. The molecule has 1 atom stereocenters. The van der Waals surface area contributed by atoms with Crippen LogP contribution in [0.5, 0.6) is 0 Å². The van der Waals surface area contributed by atoms with Gasteiger partial charge in [-0.05, 0) is 19.3 Å². The average molecular weight is 213 g/mol. The van der Waals surface area contributed by atoms with Gasteiger partial charge >= 0.3 is 0 Å². The Morgan fingerprint density at radius 1 is 1.47 bits per heavy atom. The van der Waals surface area contributed by atoms with Crippen LogP contribution in [0.15, 0.2) is 0 Å². The van der Waals surface area contributed by atoms with Crippen LogP contribution < -0.4 is 11.1 Å². The number of hydrogen-bond acceptors (Lipinski definition) is 3. The summed E-state index contributed by atoms with van der Waals surface area (Å²) in [6.07, 6.45) is 3.14.